The van der Waals surface area contributed by atoms with Crippen LogP contribution in [-0.4, -0.2) is 13.5 Å². The first-order valence-corrected chi connectivity index (χ1v) is 9.39. The summed E-state index contributed by atoms with van der Waals surface area (Å²) in [6, 6.07) is 32.5. The first-order chi connectivity index (χ1) is 13.7. The SMILES string of the molecule is Cc1ccc(-c2[c-]cc3ccc4ccccc4c3c2)[c-]c1-c1cccn[n+]1C.[B].[Y]. The van der Waals surface area contributed by atoms with Gasteiger partial charge in [0.2, 0.25) is 0 Å². The monoisotopic (exact) mass is 459 g/mol. The van der Waals surface area contributed by atoms with Crippen LogP contribution in [-0.2, 0) is 39.8 Å². The van der Waals surface area contributed by atoms with E-state index in [0.29, 0.717) is 0 Å². The number of rotatable bonds is 2. The van der Waals surface area contributed by atoms with Crippen LogP contribution in [0.25, 0.3) is 43.9 Å². The van der Waals surface area contributed by atoms with Crippen molar-refractivity contribution in [1.29, 1.82) is 0 Å². The van der Waals surface area contributed by atoms with Gasteiger partial charge in [-0.25, -0.2) is 5.56 Å². The fourth-order valence-electron chi connectivity index (χ4n) is 3.77. The van der Waals surface area contributed by atoms with Crippen molar-refractivity contribution < 1.29 is 37.4 Å². The number of nitrogens with zero attached hydrogens (tertiary/aromatic N) is 2. The molecular formula is C26H19BN2Y-. The van der Waals surface area contributed by atoms with Gasteiger partial charge in [0, 0.05) is 41.1 Å². The fraction of sp³-hybridized carbons (Fsp3) is 0.0769. The Morgan fingerprint density at radius 3 is 2.47 bits per heavy atom. The Labute approximate surface area is 204 Å². The van der Waals surface area contributed by atoms with Gasteiger partial charge in [-0.05, 0) is 28.0 Å². The molecule has 0 saturated heterocycles. The zero-order valence-corrected chi connectivity index (χ0v) is 19.9. The maximum Gasteiger partial charge on any atom is 0.175 e. The fourth-order valence-corrected chi connectivity index (χ4v) is 3.77. The summed E-state index contributed by atoms with van der Waals surface area (Å²) in [4.78, 5) is 0. The Kier molecular flexibility index (Phi) is 6.85. The van der Waals surface area contributed by atoms with Gasteiger partial charge in [-0.15, -0.1) is 33.2 Å². The molecular weight excluding hydrogens is 440 g/mol. The van der Waals surface area contributed by atoms with E-state index >= 15 is 0 Å². The van der Waals surface area contributed by atoms with Crippen LogP contribution in [0.1, 0.15) is 5.56 Å². The van der Waals surface area contributed by atoms with E-state index in [1.807, 2.05) is 17.8 Å². The van der Waals surface area contributed by atoms with Gasteiger partial charge in [0.25, 0.3) is 0 Å². The number of aryl methyl sites for hydroxylation is 2. The average Bonchev–Trinajstić information content (AvgIpc) is 2.74. The smallest absolute Gasteiger partial charge is 0.175 e. The number of benzene rings is 4. The summed E-state index contributed by atoms with van der Waals surface area (Å²) in [5.74, 6) is 0. The molecule has 0 aliphatic carbocycles. The maximum atomic E-state index is 4.36. The Morgan fingerprint density at radius 1 is 0.833 bits per heavy atom. The normalized spacial score (nSPS) is 10.5. The average molecular weight is 459 g/mol. The van der Waals surface area contributed by atoms with E-state index in [2.05, 4.69) is 90.9 Å². The van der Waals surface area contributed by atoms with Crippen LogP contribution in [0.15, 0.2) is 79.0 Å². The predicted molar refractivity (Wildman–Crippen MR) is 119 cm³/mol. The summed E-state index contributed by atoms with van der Waals surface area (Å²) in [5, 5.41) is 9.33. The van der Waals surface area contributed by atoms with E-state index < -0.39 is 0 Å². The molecule has 0 bridgehead atoms. The summed E-state index contributed by atoms with van der Waals surface area (Å²) in [5.41, 5.74) is 5.39. The van der Waals surface area contributed by atoms with Gasteiger partial charge < -0.3 is 0 Å². The Bertz CT molecular complexity index is 1350. The molecule has 0 N–H and O–H groups in total. The molecule has 1 heterocycles. The molecule has 5 aromatic rings. The summed E-state index contributed by atoms with van der Waals surface area (Å²) in [6.07, 6.45) is 1.80. The minimum Gasteiger partial charge on any atom is -0.209 e. The van der Waals surface area contributed by atoms with E-state index in [1.165, 1.54) is 27.1 Å². The third-order valence-corrected chi connectivity index (χ3v) is 5.31. The maximum absolute atomic E-state index is 4.36. The quantitative estimate of drug-likeness (QED) is 0.156. The number of hydrogen-bond acceptors (Lipinski definition) is 1. The van der Waals surface area contributed by atoms with E-state index in [0.717, 1.165) is 22.4 Å². The van der Waals surface area contributed by atoms with E-state index in [9.17, 15) is 0 Å². The van der Waals surface area contributed by atoms with Crippen LogP contribution in [0, 0.1) is 19.1 Å². The number of fused-ring (bicyclic) bond motifs is 3. The first-order valence-electron chi connectivity index (χ1n) is 9.39. The molecule has 4 radical (unpaired) electrons. The molecule has 30 heavy (non-hydrogen) atoms. The van der Waals surface area contributed by atoms with Crippen LogP contribution in [0.3, 0.4) is 0 Å². The number of aromatic nitrogens is 2. The van der Waals surface area contributed by atoms with Crippen molar-refractivity contribution >= 4 is 30.0 Å². The van der Waals surface area contributed by atoms with Gasteiger partial charge in [0.1, 0.15) is 0 Å². The van der Waals surface area contributed by atoms with Crippen LogP contribution in [0.4, 0.5) is 0 Å². The molecule has 5 rings (SSSR count). The van der Waals surface area contributed by atoms with Crippen LogP contribution < -0.4 is 4.68 Å². The van der Waals surface area contributed by atoms with Crippen molar-refractivity contribution in [3.05, 3.63) is 96.7 Å². The van der Waals surface area contributed by atoms with Crippen molar-refractivity contribution in [3.8, 4) is 22.4 Å². The van der Waals surface area contributed by atoms with Gasteiger partial charge >= 0.3 is 0 Å². The molecule has 0 fully saturated rings. The van der Waals surface area contributed by atoms with Gasteiger partial charge in [0.15, 0.2) is 12.7 Å². The van der Waals surface area contributed by atoms with Gasteiger partial charge in [-0.3, -0.25) is 0 Å². The van der Waals surface area contributed by atoms with Gasteiger partial charge in [-0.2, -0.15) is 29.8 Å². The topological polar surface area (TPSA) is 16.8 Å². The third kappa shape index (κ3) is 3.97. The minimum absolute atomic E-state index is 0. The zero-order valence-electron chi connectivity index (χ0n) is 17.1. The van der Waals surface area contributed by atoms with Crippen molar-refractivity contribution in [1.82, 2.24) is 5.10 Å². The largest absolute Gasteiger partial charge is 0.209 e. The second-order valence-electron chi connectivity index (χ2n) is 7.10. The van der Waals surface area contributed by atoms with Gasteiger partial charge in [-0.1, -0.05) is 48.9 Å². The van der Waals surface area contributed by atoms with Crippen LogP contribution >= 0.6 is 0 Å². The molecule has 0 unspecified atom stereocenters. The van der Waals surface area contributed by atoms with Crippen molar-refractivity contribution in [2.75, 3.05) is 0 Å². The molecule has 0 atom stereocenters. The van der Waals surface area contributed by atoms with Gasteiger partial charge in [0.05, 0.1) is 6.20 Å². The van der Waals surface area contributed by atoms with Crippen molar-refractivity contribution in [2.45, 2.75) is 6.92 Å². The third-order valence-electron chi connectivity index (χ3n) is 5.31. The minimum atomic E-state index is 0. The Hall–Kier alpha value is -2.35. The number of hydrogen-bond donors (Lipinski definition) is 0. The van der Waals surface area contributed by atoms with Crippen molar-refractivity contribution in [2.24, 2.45) is 7.05 Å². The molecule has 0 aliphatic heterocycles. The van der Waals surface area contributed by atoms with E-state index in [4.69, 9.17) is 0 Å². The standard InChI is InChI=1S/C26H19N2.B.Y/c1-18-9-10-21(16-24(18)26-8-5-15-27-28(26)2)22-14-13-20-12-11-19-6-3-4-7-23(19)25(20)17-22;;/h3-13,15,17H,1-2H3;;/q-1;;. The zero-order chi connectivity index (χ0) is 19.1. The predicted octanol–water partition coefficient (Wildman–Crippen LogP) is 5.07. The molecule has 4 aromatic carbocycles. The molecule has 0 aliphatic rings. The van der Waals surface area contributed by atoms with E-state index in [-0.39, 0.29) is 41.1 Å². The first kappa shape index (κ1) is 22.3. The summed E-state index contributed by atoms with van der Waals surface area (Å²) in [7, 11) is 1.96. The van der Waals surface area contributed by atoms with Crippen LogP contribution in [0.2, 0.25) is 0 Å². The molecule has 1 aromatic heterocycles. The second-order valence-corrected chi connectivity index (χ2v) is 7.10. The molecule has 0 saturated carbocycles. The summed E-state index contributed by atoms with van der Waals surface area (Å²) >= 11 is 0. The Morgan fingerprint density at radius 2 is 1.63 bits per heavy atom. The summed E-state index contributed by atoms with van der Waals surface area (Å²) < 4.78 is 1.89. The van der Waals surface area contributed by atoms with Crippen LogP contribution in [0.5, 0.6) is 0 Å². The van der Waals surface area contributed by atoms with E-state index in [1.54, 1.807) is 6.20 Å². The molecule has 0 amide bonds. The Balaban J connectivity index is 0.00000128. The molecule has 0 spiro atoms. The summed E-state index contributed by atoms with van der Waals surface area (Å²) in [6.45, 7) is 2.11. The molecule has 4 heteroatoms. The molecule has 140 valence electrons. The second kappa shape index (κ2) is 9.20. The molecule has 2 nitrogen and oxygen atoms in total. The van der Waals surface area contributed by atoms with Crippen molar-refractivity contribution in [3.63, 3.8) is 0 Å².